The molecule has 1 unspecified atom stereocenters. The SMILES string of the molecule is CN(C)S(=N)(=O)c1cccnc1. The maximum atomic E-state index is 11.6. The predicted octanol–water partition coefficient (Wildman–Crippen LogP) is 0.964. The Hall–Kier alpha value is -0.940. The molecule has 0 aliphatic carbocycles. The van der Waals surface area contributed by atoms with Gasteiger partial charge in [0.25, 0.3) is 0 Å². The van der Waals surface area contributed by atoms with Crippen molar-refractivity contribution in [3.63, 3.8) is 0 Å². The lowest BCUT2D eigenvalue weighted by Crippen LogP contribution is -2.20. The molecule has 66 valence electrons. The van der Waals surface area contributed by atoms with Gasteiger partial charge in [-0.15, -0.1) is 0 Å². The van der Waals surface area contributed by atoms with Crippen LogP contribution in [0.2, 0.25) is 0 Å². The first-order chi connectivity index (χ1) is 5.55. The molecule has 0 saturated carbocycles. The van der Waals surface area contributed by atoms with E-state index in [0.717, 1.165) is 0 Å². The summed E-state index contributed by atoms with van der Waals surface area (Å²) in [6.07, 6.45) is 3.05. The van der Waals surface area contributed by atoms with Crippen LogP contribution in [-0.4, -0.2) is 27.6 Å². The summed E-state index contributed by atoms with van der Waals surface area (Å²) in [5.74, 6) is 0. The van der Waals surface area contributed by atoms with E-state index < -0.39 is 9.92 Å². The van der Waals surface area contributed by atoms with E-state index in [1.165, 1.54) is 10.5 Å². The van der Waals surface area contributed by atoms with Crippen LogP contribution in [0.25, 0.3) is 0 Å². The summed E-state index contributed by atoms with van der Waals surface area (Å²) in [6, 6.07) is 3.31. The van der Waals surface area contributed by atoms with E-state index in [9.17, 15) is 4.21 Å². The number of nitrogens with zero attached hydrogens (tertiary/aromatic N) is 2. The van der Waals surface area contributed by atoms with Crippen LogP contribution in [0.15, 0.2) is 29.4 Å². The fourth-order valence-electron chi connectivity index (χ4n) is 0.722. The zero-order valence-electron chi connectivity index (χ0n) is 7.02. The molecule has 1 heterocycles. The Morgan fingerprint density at radius 1 is 1.58 bits per heavy atom. The minimum absolute atomic E-state index is 0.440. The molecule has 0 bridgehead atoms. The maximum absolute atomic E-state index is 11.6. The van der Waals surface area contributed by atoms with Gasteiger partial charge < -0.3 is 0 Å². The molecule has 0 saturated heterocycles. The molecule has 12 heavy (non-hydrogen) atoms. The van der Waals surface area contributed by atoms with Crippen LogP contribution in [0, 0.1) is 4.78 Å². The van der Waals surface area contributed by atoms with Gasteiger partial charge in [0.05, 0.1) is 4.90 Å². The molecule has 1 atom stereocenters. The van der Waals surface area contributed by atoms with Crippen LogP contribution >= 0.6 is 0 Å². The van der Waals surface area contributed by atoms with Gasteiger partial charge in [-0.25, -0.2) is 13.3 Å². The molecule has 0 aliphatic rings. The molecule has 0 radical (unpaired) electrons. The van der Waals surface area contributed by atoms with Crippen LogP contribution in [0.1, 0.15) is 0 Å². The van der Waals surface area contributed by atoms with Gasteiger partial charge in [-0.2, -0.15) is 0 Å². The Morgan fingerprint density at radius 3 is 2.67 bits per heavy atom. The summed E-state index contributed by atoms with van der Waals surface area (Å²) in [5, 5.41) is 0. The van der Waals surface area contributed by atoms with Crippen molar-refractivity contribution in [2.45, 2.75) is 4.90 Å². The minimum atomic E-state index is -2.81. The molecule has 0 aliphatic heterocycles. The molecular weight excluding hydrogens is 174 g/mol. The van der Waals surface area contributed by atoms with Crippen LogP contribution in [-0.2, 0) is 9.92 Å². The van der Waals surface area contributed by atoms with E-state index in [4.69, 9.17) is 4.78 Å². The van der Waals surface area contributed by atoms with Gasteiger partial charge in [0, 0.05) is 26.5 Å². The van der Waals surface area contributed by atoms with Gasteiger partial charge >= 0.3 is 0 Å². The van der Waals surface area contributed by atoms with Crippen molar-refractivity contribution in [3.8, 4) is 0 Å². The van der Waals surface area contributed by atoms with Crippen LogP contribution < -0.4 is 0 Å². The van der Waals surface area contributed by atoms with Gasteiger partial charge in [0.1, 0.15) is 9.92 Å². The molecule has 1 aromatic rings. The topological polar surface area (TPSA) is 57.1 Å². The third kappa shape index (κ3) is 1.62. The average Bonchev–Trinajstić information content (AvgIpc) is 2.06. The van der Waals surface area contributed by atoms with Gasteiger partial charge in [-0.05, 0) is 12.1 Å². The zero-order valence-corrected chi connectivity index (χ0v) is 7.84. The van der Waals surface area contributed by atoms with Crippen molar-refractivity contribution < 1.29 is 4.21 Å². The number of hydrogen-bond donors (Lipinski definition) is 1. The highest BCUT2D eigenvalue weighted by Crippen LogP contribution is 2.10. The van der Waals surface area contributed by atoms with Crippen molar-refractivity contribution in [1.82, 2.24) is 9.29 Å². The normalized spacial score (nSPS) is 15.9. The third-order valence-corrected chi connectivity index (χ3v) is 3.38. The second-order valence-electron chi connectivity index (χ2n) is 2.53. The van der Waals surface area contributed by atoms with Crippen LogP contribution in [0.4, 0.5) is 0 Å². The molecule has 1 rings (SSSR count). The average molecular weight is 185 g/mol. The van der Waals surface area contributed by atoms with E-state index in [1.807, 2.05) is 0 Å². The number of nitrogens with one attached hydrogen (secondary N) is 1. The molecule has 0 aromatic carbocycles. The minimum Gasteiger partial charge on any atom is -0.263 e. The summed E-state index contributed by atoms with van der Waals surface area (Å²) in [7, 11) is 0.421. The fraction of sp³-hybridized carbons (Fsp3) is 0.286. The highest BCUT2D eigenvalue weighted by Gasteiger charge is 2.11. The number of hydrogen-bond acceptors (Lipinski definition) is 3. The largest absolute Gasteiger partial charge is 0.263 e. The molecule has 1 N–H and O–H groups in total. The standard InChI is InChI=1S/C7H11N3OS/c1-10(2)12(8,11)7-4-3-5-9-6-7/h3-6,8H,1-2H3. The summed E-state index contributed by atoms with van der Waals surface area (Å²) in [5.41, 5.74) is 0. The molecule has 0 amide bonds. The molecule has 4 nitrogen and oxygen atoms in total. The number of pyridine rings is 1. The van der Waals surface area contributed by atoms with Crippen LogP contribution in [0.3, 0.4) is 0 Å². The van der Waals surface area contributed by atoms with Crippen LogP contribution in [0.5, 0.6) is 0 Å². The summed E-state index contributed by atoms with van der Waals surface area (Å²) in [4.78, 5) is 4.25. The molecule has 5 heteroatoms. The quantitative estimate of drug-likeness (QED) is 0.746. The summed E-state index contributed by atoms with van der Waals surface area (Å²) < 4.78 is 20.6. The number of aromatic nitrogens is 1. The van der Waals surface area contributed by atoms with Gasteiger partial charge in [-0.3, -0.25) is 4.98 Å². The first-order valence-electron chi connectivity index (χ1n) is 3.41. The summed E-state index contributed by atoms with van der Waals surface area (Å²) in [6.45, 7) is 0. The van der Waals surface area contributed by atoms with Crippen molar-refractivity contribution in [2.75, 3.05) is 14.1 Å². The van der Waals surface area contributed by atoms with E-state index in [-0.39, 0.29) is 0 Å². The number of rotatable bonds is 2. The first kappa shape index (κ1) is 9.15. The second kappa shape index (κ2) is 3.20. The molecule has 1 aromatic heterocycles. The predicted molar refractivity (Wildman–Crippen MR) is 47.1 cm³/mol. The lowest BCUT2D eigenvalue weighted by Gasteiger charge is -2.13. The zero-order chi connectivity index (χ0) is 9.19. The van der Waals surface area contributed by atoms with Gasteiger partial charge in [0.2, 0.25) is 0 Å². The van der Waals surface area contributed by atoms with E-state index in [0.29, 0.717) is 4.90 Å². The van der Waals surface area contributed by atoms with E-state index in [2.05, 4.69) is 4.98 Å². The Kier molecular flexibility index (Phi) is 2.44. The van der Waals surface area contributed by atoms with Crippen molar-refractivity contribution in [1.29, 1.82) is 4.78 Å². The highest BCUT2D eigenvalue weighted by molar-refractivity contribution is 7.90. The molecular formula is C7H11N3OS. The van der Waals surface area contributed by atoms with E-state index >= 15 is 0 Å². The molecule has 0 spiro atoms. The third-order valence-electron chi connectivity index (χ3n) is 1.47. The lowest BCUT2D eigenvalue weighted by atomic mass is 10.5. The highest BCUT2D eigenvalue weighted by atomic mass is 32.2. The Bertz CT molecular complexity index is 344. The van der Waals surface area contributed by atoms with Gasteiger partial charge in [-0.1, -0.05) is 0 Å². The van der Waals surface area contributed by atoms with Gasteiger partial charge in [0.15, 0.2) is 0 Å². The van der Waals surface area contributed by atoms with Crippen molar-refractivity contribution in [2.24, 2.45) is 0 Å². The Morgan fingerprint density at radius 2 is 2.25 bits per heavy atom. The van der Waals surface area contributed by atoms with E-state index in [1.54, 1.807) is 32.4 Å². The smallest absolute Gasteiger partial charge is 0.138 e. The van der Waals surface area contributed by atoms with Crippen molar-refractivity contribution in [3.05, 3.63) is 24.5 Å². The monoisotopic (exact) mass is 185 g/mol. The maximum Gasteiger partial charge on any atom is 0.138 e. The lowest BCUT2D eigenvalue weighted by molar-refractivity contribution is 0.588. The Balaban J connectivity index is 3.17. The Labute approximate surface area is 72.3 Å². The summed E-state index contributed by atoms with van der Waals surface area (Å²) >= 11 is 0. The fourth-order valence-corrected chi connectivity index (χ4v) is 1.61. The first-order valence-corrected chi connectivity index (χ1v) is 4.93. The second-order valence-corrected chi connectivity index (χ2v) is 4.78. The van der Waals surface area contributed by atoms with Crippen molar-refractivity contribution >= 4 is 9.92 Å². The molecule has 0 fully saturated rings.